The molecular weight excluding hydrogens is 212 g/mol. The highest BCUT2D eigenvalue weighted by atomic mass is 16.1. The molecule has 0 amide bonds. The molecule has 0 aromatic heterocycles. The highest BCUT2D eigenvalue weighted by Gasteiger charge is 1.96. The maximum absolute atomic E-state index is 11.4. The van der Waals surface area contributed by atoms with Gasteiger partial charge in [0, 0.05) is 12.8 Å². The molecule has 0 heterocycles. The second kappa shape index (κ2) is 13.1. The van der Waals surface area contributed by atoms with Gasteiger partial charge < -0.3 is 4.79 Å². The van der Waals surface area contributed by atoms with E-state index in [1.165, 1.54) is 32.1 Å². The molecule has 0 bridgehead atoms. The van der Waals surface area contributed by atoms with Crippen molar-refractivity contribution in [2.45, 2.75) is 71.1 Å². The Hall–Kier alpha value is -0.920. The largest absolute Gasteiger partial charge is 0.303 e. The van der Waals surface area contributed by atoms with Gasteiger partial charge in [-0.15, -0.1) is 0 Å². The molecule has 0 aromatic rings. The van der Waals surface area contributed by atoms with Crippen LogP contribution in [0, 0.1) is 0 Å². The summed E-state index contributed by atoms with van der Waals surface area (Å²) in [4.78, 5) is 21.4. The summed E-state index contributed by atoms with van der Waals surface area (Å²) in [5.41, 5.74) is 0. The minimum Gasteiger partial charge on any atom is -0.303 e. The Labute approximate surface area is 105 Å². The summed E-state index contributed by atoms with van der Waals surface area (Å²) in [5, 5.41) is 0. The first kappa shape index (κ1) is 16.1. The van der Waals surface area contributed by atoms with Crippen molar-refractivity contribution in [2.24, 2.45) is 0 Å². The summed E-state index contributed by atoms with van der Waals surface area (Å²) < 4.78 is 0. The number of allylic oxidation sites excluding steroid dienone is 2. The first-order valence-corrected chi connectivity index (χ1v) is 6.94. The summed E-state index contributed by atoms with van der Waals surface area (Å²) in [7, 11) is 0. The van der Waals surface area contributed by atoms with Crippen molar-refractivity contribution in [3.8, 4) is 0 Å². The van der Waals surface area contributed by atoms with Crippen molar-refractivity contribution in [1.82, 2.24) is 0 Å². The molecular formula is C15H26O2. The van der Waals surface area contributed by atoms with Crippen LogP contribution in [-0.4, -0.2) is 12.1 Å². The topological polar surface area (TPSA) is 34.1 Å². The molecule has 17 heavy (non-hydrogen) atoms. The van der Waals surface area contributed by atoms with E-state index >= 15 is 0 Å². The van der Waals surface area contributed by atoms with E-state index in [4.69, 9.17) is 0 Å². The fraction of sp³-hybridized carbons (Fsp3) is 0.733. The standard InChI is InChI=1S/C15H26O2/c1-2-3-4-5-6-7-9-12-15(17)13-10-8-11-14-16/h10,13-14H,2-9,11-12H2,1H3/b13-10+. The molecule has 0 rings (SSSR count). The lowest BCUT2D eigenvalue weighted by molar-refractivity contribution is -0.114. The number of aldehydes is 1. The van der Waals surface area contributed by atoms with Gasteiger partial charge in [-0.3, -0.25) is 4.79 Å². The monoisotopic (exact) mass is 238 g/mol. The van der Waals surface area contributed by atoms with E-state index in [2.05, 4.69) is 6.92 Å². The second-order valence-corrected chi connectivity index (χ2v) is 4.48. The molecule has 2 nitrogen and oxygen atoms in total. The third-order valence-corrected chi connectivity index (χ3v) is 2.78. The van der Waals surface area contributed by atoms with Crippen LogP contribution in [0.3, 0.4) is 0 Å². The highest BCUT2D eigenvalue weighted by molar-refractivity contribution is 5.89. The van der Waals surface area contributed by atoms with Gasteiger partial charge in [0.25, 0.3) is 0 Å². The van der Waals surface area contributed by atoms with Crippen molar-refractivity contribution in [2.75, 3.05) is 0 Å². The van der Waals surface area contributed by atoms with Crippen LogP contribution in [0.2, 0.25) is 0 Å². The molecule has 0 N–H and O–H groups in total. The number of hydrogen-bond acceptors (Lipinski definition) is 2. The Morgan fingerprint density at radius 3 is 2.24 bits per heavy atom. The molecule has 0 atom stereocenters. The van der Waals surface area contributed by atoms with Gasteiger partial charge in [-0.25, -0.2) is 0 Å². The third-order valence-electron chi connectivity index (χ3n) is 2.78. The van der Waals surface area contributed by atoms with Crippen molar-refractivity contribution < 1.29 is 9.59 Å². The Kier molecular flexibility index (Phi) is 12.4. The maximum atomic E-state index is 11.4. The smallest absolute Gasteiger partial charge is 0.155 e. The number of ketones is 1. The predicted molar refractivity (Wildman–Crippen MR) is 72.1 cm³/mol. The fourth-order valence-corrected chi connectivity index (χ4v) is 1.72. The van der Waals surface area contributed by atoms with Gasteiger partial charge in [0.1, 0.15) is 6.29 Å². The molecule has 0 unspecified atom stereocenters. The Bertz CT molecular complexity index is 219. The lowest BCUT2D eigenvalue weighted by atomic mass is 10.1. The van der Waals surface area contributed by atoms with Crippen molar-refractivity contribution in [1.29, 1.82) is 0 Å². The van der Waals surface area contributed by atoms with E-state index in [1.807, 2.05) is 0 Å². The van der Waals surface area contributed by atoms with E-state index in [9.17, 15) is 9.59 Å². The Morgan fingerprint density at radius 1 is 0.941 bits per heavy atom. The summed E-state index contributed by atoms with van der Waals surface area (Å²) >= 11 is 0. The molecule has 0 aliphatic heterocycles. The first-order chi connectivity index (χ1) is 8.31. The number of carbonyl (C=O) groups excluding carboxylic acids is 2. The lowest BCUT2D eigenvalue weighted by Crippen LogP contribution is -1.92. The molecule has 0 fully saturated rings. The van der Waals surface area contributed by atoms with Crippen LogP contribution in [-0.2, 0) is 9.59 Å². The Morgan fingerprint density at radius 2 is 1.59 bits per heavy atom. The van der Waals surface area contributed by atoms with Gasteiger partial charge in [0.2, 0.25) is 0 Å². The third kappa shape index (κ3) is 13.0. The molecule has 0 saturated heterocycles. The van der Waals surface area contributed by atoms with E-state index < -0.39 is 0 Å². The zero-order valence-electron chi connectivity index (χ0n) is 11.1. The molecule has 0 spiro atoms. The van der Waals surface area contributed by atoms with E-state index in [0.717, 1.165) is 19.1 Å². The average molecular weight is 238 g/mol. The molecule has 98 valence electrons. The van der Waals surface area contributed by atoms with Gasteiger partial charge in [-0.1, -0.05) is 51.5 Å². The average Bonchev–Trinajstić information content (AvgIpc) is 2.33. The van der Waals surface area contributed by atoms with Crippen LogP contribution >= 0.6 is 0 Å². The SMILES string of the molecule is CCCCCCCCCC(=O)/C=C/CCC=O. The molecule has 0 saturated carbocycles. The zero-order chi connectivity index (χ0) is 12.8. The van der Waals surface area contributed by atoms with Crippen LogP contribution in [0.4, 0.5) is 0 Å². The van der Waals surface area contributed by atoms with Gasteiger partial charge >= 0.3 is 0 Å². The molecule has 0 aliphatic carbocycles. The molecule has 0 aromatic carbocycles. The number of rotatable bonds is 12. The van der Waals surface area contributed by atoms with Gasteiger partial charge in [-0.2, -0.15) is 0 Å². The van der Waals surface area contributed by atoms with Gasteiger partial charge in [0.05, 0.1) is 0 Å². The minimum atomic E-state index is 0.199. The number of unbranched alkanes of at least 4 members (excludes halogenated alkanes) is 7. The predicted octanol–water partition coefficient (Wildman–Crippen LogP) is 4.23. The van der Waals surface area contributed by atoms with Crippen LogP contribution in [0.15, 0.2) is 12.2 Å². The summed E-state index contributed by atoms with van der Waals surface area (Å²) in [6, 6.07) is 0. The quantitative estimate of drug-likeness (QED) is 0.289. The molecule has 0 aliphatic rings. The number of carbonyl (C=O) groups is 2. The first-order valence-electron chi connectivity index (χ1n) is 6.94. The van der Waals surface area contributed by atoms with E-state index in [-0.39, 0.29) is 5.78 Å². The molecule has 0 radical (unpaired) electrons. The second-order valence-electron chi connectivity index (χ2n) is 4.48. The van der Waals surface area contributed by atoms with Crippen LogP contribution < -0.4 is 0 Å². The van der Waals surface area contributed by atoms with Gasteiger partial charge in [-0.05, 0) is 18.9 Å². The summed E-state index contributed by atoms with van der Waals surface area (Å²) in [5.74, 6) is 0.199. The summed E-state index contributed by atoms with van der Waals surface area (Å²) in [6.45, 7) is 2.22. The van der Waals surface area contributed by atoms with Crippen LogP contribution in [0.25, 0.3) is 0 Å². The highest BCUT2D eigenvalue weighted by Crippen LogP contribution is 2.08. The maximum Gasteiger partial charge on any atom is 0.155 e. The zero-order valence-corrected chi connectivity index (χ0v) is 11.1. The van der Waals surface area contributed by atoms with Crippen LogP contribution in [0.1, 0.15) is 71.1 Å². The van der Waals surface area contributed by atoms with Crippen LogP contribution in [0.5, 0.6) is 0 Å². The van der Waals surface area contributed by atoms with Gasteiger partial charge in [0.15, 0.2) is 5.78 Å². The summed E-state index contributed by atoms with van der Waals surface area (Å²) in [6.07, 6.45) is 14.8. The fourth-order valence-electron chi connectivity index (χ4n) is 1.72. The van der Waals surface area contributed by atoms with Crippen molar-refractivity contribution >= 4 is 12.1 Å². The molecule has 2 heteroatoms. The van der Waals surface area contributed by atoms with Crippen molar-refractivity contribution in [3.63, 3.8) is 0 Å². The Balaban J connectivity index is 3.27. The lowest BCUT2D eigenvalue weighted by Gasteiger charge is -1.99. The number of hydrogen-bond donors (Lipinski definition) is 0. The van der Waals surface area contributed by atoms with E-state index in [1.54, 1.807) is 12.2 Å². The van der Waals surface area contributed by atoms with E-state index in [0.29, 0.717) is 19.3 Å². The minimum absolute atomic E-state index is 0.199. The van der Waals surface area contributed by atoms with Crippen molar-refractivity contribution in [3.05, 3.63) is 12.2 Å². The normalized spacial score (nSPS) is 10.9.